The minimum Gasteiger partial charge on any atom is -0.426 e. The molecule has 1 atom stereocenters. The molecule has 3 heteroatoms. The minimum atomic E-state index is -0.152. The minimum absolute atomic E-state index is 0.0294. The summed E-state index contributed by atoms with van der Waals surface area (Å²) in [5, 5.41) is 8.82. The van der Waals surface area contributed by atoms with Crippen molar-refractivity contribution in [2.75, 3.05) is 0 Å². The largest absolute Gasteiger partial charge is 0.426 e. The number of esters is 1. The molecule has 0 aliphatic heterocycles. The van der Waals surface area contributed by atoms with Crippen molar-refractivity contribution < 1.29 is 9.53 Å². The highest BCUT2D eigenvalue weighted by Crippen LogP contribution is 2.25. The zero-order chi connectivity index (χ0) is 16.1. The molecule has 0 unspecified atom stereocenters. The molecular weight excluding hydrogens is 286 g/mol. The van der Waals surface area contributed by atoms with Gasteiger partial charge in [-0.15, -0.1) is 0 Å². The van der Waals surface area contributed by atoms with Crippen LogP contribution in [-0.2, 0) is 4.79 Å². The summed E-state index contributed by atoms with van der Waals surface area (Å²) in [6, 6.07) is 17.0. The Hall–Kier alpha value is -2.86. The van der Waals surface area contributed by atoms with Crippen LogP contribution in [0.2, 0.25) is 0 Å². The van der Waals surface area contributed by atoms with Gasteiger partial charge in [0.1, 0.15) is 5.75 Å². The molecule has 0 fully saturated rings. The van der Waals surface area contributed by atoms with Gasteiger partial charge in [0.15, 0.2) is 0 Å². The Morgan fingerprint density at radius 1 is 1.00 bits per heavy atom. The molecule has 0 saturated carbocycles. The summed E-state index contributed by atoms with van der Waals surface area (Å²) in [7, 11) is 0. The van der Waals surface area contributed by atoms with E-state index in [9.17, 15) is 4.79 Å². The van der Waals surface area contributed by atoms with Gasteiger partial charge in [0, 0.05) is 0 Å². The molecule has 0 radical (unpaired) electrons. The molecule has 0 heterocycles. The van der Waals surface area contributed by atoms with Gasteiger partial charge >= 0.3 is 5.97 Å². The molecule has 0 bridgehead atoms. The number of allylic oxidation sites excluding steroid dienone is 2. The predicted octanol–water partition coefficient (Wildman–Crippen LogP) is 4.49. The number of nitriles is 1. The Labute approximate surface area is 135 Å². The maximum absolute atomic E-state index is 12.1. The third kappa shape index (κ3) is 3.67. The molecule has 114 valence electrons. The van der Waals surface area contributed by atoms with E-state index in [2.05, 4.69) is 12.1 Å². The van der Waals surface area contributed by atoms with Gasteiger partial charge in [0.2, 0.25) is 0 Å². The van der Waals surface area contributed by atoms with E-state index in [0.717, 1.165) is 30.4 Å². The summed E-state index contributed by atoms with van der Waals surface area (Å²) < 4.78 is 5.47. The molecule has 1 aliphatic carbocycles. The first kappa shape index (κ1) is 15.1. The lowest BCUT2D eigenvalue weighted by Crippen LogP contribution is -2.21. The highest BCUT2D eigenvalue weighted by molar-refractivity contribution is 5.76. The maximum Gasteiger partial charge on any atom is 0.314 e. The van der Waals surface area contributed by atoms with E-state index in [1.807, 2.05) is 42.5 Å². The summed E-state index contributed by atoms with van der Waals surface area (Å²) in [4.78, 5) is 12.1. The number of ether oxygens (including phenoxy) is 1. The maximum atomic E-state index is 12.1. The second-order valence-corrected chi connectivity index (χ2v) is 5.62. The second-order valence-electron chi connectivity index (χ2n) is 5.62. The molecule has 2 aromatic carbocycles. The lowest BCUT2D eigenvalue weighted by Gasteiger charge is -2.16. The number of benzene rings is 2. The summed E-state index contributed by atoms with van der Waals surface area (Å²) in [5.74, 6) is 0.389. The van der Waals surface area contributed by atoms with E-state index in [1.54, 1.807) is 12.1 Å². The average molecular weight is 303 g/mol. The summed E-state index contributed by atoms with van der Waals surface area (Å²) in [6.45, 7) is 0. The van der Waals surface area contributed by atoms with E-state index in [1.165, 1.54) is 0 Å². The topological polar surface area (TPSA) is 50.1 Å². The third-order valence-electron chi connectivity index (χ3n) is 4.02. The molecule has 23 heavy (non-hydrogen) atoms. The fraction of sp³-hybridized carbons (Fsp3) is 0.200. The first-order valence-electron chi connectivity index (χ1n) is 7.73. The zero-order valence-corrected chi connectivity index (χ0v) is 12.7. The SMILES string of the molecule is N#Cc1ccc(-c2ccc(OC(=O)[C@@H]3CC=CCC3)cc2)cc1. The highest BCUT2D eigenvalue weighted by Gasteiger charge is 2.20. The van der Waals surface area contributed by atoms with Crippen LogP contribution in [0.3, 0.4) is 0 Å². The van der Waals surface area contributed by atoms with Gasteiger partial charge in [-0.2, -0.15) is 5.26 Å². The van der Waals surface area contributed by atoms with Gasteiger partial charge in [-0.25, -0.2) is 0 Å². The van der Waals surface area contributed by atoms with Crippen LogP contribution in [-0.4, -0.2) is 5.97 Å². The lowest BCUT2D eigenvalue weighted by molar-refractivity contribution is -0.139. The van der Waals surface area contributed by atoms with Crippen molar-refractivity contribution >= 4 is 5.97 Å². The Morgan fingerprint density at radius 3 is 2.22 bits per heavy atom. The number of nitrogens with zero attached hydrogens (tertiary/aromatic N) is 1. The van der Waals surface area contributed by atoms with E-state index >= 15 is 0 Å². The second kappa shape index (κ2) is 6.93. The van der Waals surface area contributed by atoms with Gasteiger partial charge in [0.05, 0.1) is 17.6 Å². The first-order valence-corrected chi connectivity index (χ1v) is 7.73. The predicted molar refractivity (Wildman–Crippen MR) is 88.7 cm³/mol. The van der Waals surface area contributed by atoms with Gasteiger partial charge in [-0.1, -0.05) is 36.4 Å². The van der Waals surface area contributed by atoms with Crippen molar-refractivity contribution in [3.05, 3.63) is 66.2 Å². The molecular formula is C20H17NO2. The van der Waals surface area contributed by atoms with Crippen molar-refractivity contribution in [3.8, 4) is 22.9 Å². The van der Waals surface area contributed by atoms with Crippen molar-refractivity contribution in [2.24, 2.45) is 5.92 Å². The molecule has 0 N–H and O–H groups in total. The van der Waals surface area contributed by atoms with Crippen molar-refractivity contribution in [1.29, 1.82) is 5.26 Å². The van der Waals surface area contributed by atoms with Gasteiger partial charge < -0.3 is 4.74 Å². The van der Waals surface area contributed by atoms with Crippen LogP contribution in [0, 0.1) is 17.2 Å². The van der Waals surface area contributed by atoms with Crippen LogP contribution in [0.15, 0.2) is 60.7 Å². The quantitative estimate of drug-likeness (QED) is 0.477. The Kier molecular flexibility index (Phi) is 4.54. The molecule has 3 rings (SSSR count). The van der Waals surface area contributed by atoms with Crippen LogP contribution in [0.1, 0.15) is 24.8 Å². The standard InChI is InChI=1S/C20H17NO2/c21-14-15-6-8-16(9-7-15)17-10-12-19(13-11-17)23-20(22)18-4-2-1-3-5-18/h1-2,6-13,18H,3-5H2/t18-/m1/s1. The van der Waals surface area contributed by atoms with Crippen LogP contribution >= 0.6 is 0 Å². The Balaban J connectivity index is 1.68. The number of carbonyl (C=O) groups excluding carboxylic acids is 1. The number of hydrogen-bond acceptors (Lipinski definition) is 3. The molecule has 0 spiro atoms. The Morgan fingerprint density at radius 2 is 1.65 bits per heavy atom. The zero-order valence-electron chi connectivity index (χ0n) is 12.7. The molecule has 2 aromatic rings. The van der Waals surface area contributed by atoms with Gasteiger partial charge in [-0.3, -0.25) is 4.79 Å². The normalized spacial score (nSPS) is 16.6. The van der Waals surface area contributed by atoms with E-state index < -0.39 is 0 Å². The molecule has 0 amide bonds. The van der Waals surface area contributed by atoms with Crippen LogP contribution in [0.5, 0.6) is 5.75 Å². The lowest BCUT2D eigenvalue weighted by atomic mass is 9.95. The summed E-state index contributed by atoms with van der Waals surface area (Å²) in [6.07, 6.45) is 6.72. The molecule has 1 aliphatic rings. The average Bonchev–Trinajstić information content (AvgIpc) is 2.63. The fourth-order valence-electron chi connectivity index (χ4n) is 2.66. The third-order valence-corrected chi connectivity index (χ3v) is 4.02. The molecule has 3 nitrogen and oxygen atoms in total. The molecule has 0 saturated heterocycles. The monoisotopic (exact) mass is 303 g/mol. The number of hydrogen-bond donors (Lipinski definition) is 0. The molecule has 0 aromatic heterocycles. The fourth-order valence-corrected chi connectivity index (χ4v) is 2.66. The van der Waals surface area contributed by atoms with E-state index in [-0.39, 0.29) is 11.9 Å². The summed E-state index contributed by atoms with van der Waals surface area (Å²) >= 11 is 0. The van der Waals surface area contributed by atoms with Crippen LogP contribution in [0.25, 0.3) is 11.1 Å². The smallest absolute Gasteiger partial charge is 0.314 e. The van der Waals surface area contributed by atoms with Crippen molar-refractivity contribution in [2.45, 2.75) is 19.3 Å². The first-order chi connectivity index (χ1) is 11.3. The van der Waals surface area contributed by atoms with Crippen molar-refractivity contribution in [3.63, 3.8) is 0 Å². The summed E-state index contributed by atoms with van der Waals surface area (Å²) in [5.41, 5.74) is 2.69. The van der Waals surface area contributed by atoms with Crippen LogP contribution < -0.4 is 4.74 Å². The van der Waals surface area contributed by atoms with Crippen molar-refractivity contribution in [1.82, 2.24) is 0 Å². The van der Waals surface area contributed by atoms with Gasteiger partial charge in [-0.05, 0) is 54.7 Å². The number of carbonyl (C=O) groups is 1. The Bertz CT molecular complexity index is 752. The number of rotatable bonds is 3. The van der Waals surface area contributed by atoms with Crippen LogP contribution in [0.4, 0.5) is 0 Å². The van der Waals surface area contributed by atoms with E-state index in [4.69, 9.17) is 10.00 Å². The van der Waals surface area contributed by atoms with Gasteiger partial charge in [0.25, 0.3) is 0 Å². The van der Waals surface area contributed by atoms with E-state index in [0.29, 0.717) is 11.3 Å². The highest BCUT2D eigenvalue weighted by atomic mass is 16.5.